The summed E-state index contributed by atoms with van der Waals surface area (Å²) in [6.45, 7) is 3.02. The van der Waals surface area contributed by atoms with E-state index in [1.165, 1.54) is 0 Å². The summed E-state index contributed by atoms with van der Waals surface area (Å²) in [7, 11) is 0. The summed E-state index contributed by atoms with van der Waals surface area (Å²) in [5.74, 6) is 1.13. The van der Waals surface area contributed by atoms with Crippen LogP contribution in [0.1, 0.15) is 5.69 Å². The van der Waals surface area contributed by atoms with Crippen LogP contribution in [0.3, 0.4) is 0 Å². The fourth-order valence-electron chi connectivity index (χ4n) is 3.71. The molecule has 0 radical (unpaired) electrons. The Labute approximate surface area is 173 Å². The van der Waals surface area contributed by atoms with Crippen LogP contribution in [0, 0.1) is 6.92 Å². The summed E-state index contributed by atoms with van der Waals surface area (Å²) < 4.78 is 12.7. The van der Waals surface area contributed by atoms with Gasteiger partial charge in [-0.15, -0.1) is 0 Å². The fraction of sp³-hybridized carbons (Fsp3) is 0.174. The molecule has 0 bridgehead atoms. The molecule has 1 aliphatic rings. The largest absolute Gasteiger partial charge is 0.486 e. The lowest BCUT2D eigenvalue weighted by Gasteiger charge is -2.19. The van der Waals surface area contributed by atoms with Crippen LogP contribution in [0.25, 0.3) is 22.2 Å². The summed E-state index contributed by atoms with van der Waals surface area (Å²) >= 11 is 0. The zero-order valence-electron chi connectivity index (χ0n) is 16.5. The standard InChI is InChI=1S/C23H20N4O3/c1-15-22-18(16-5-3-2-4-6-16)9-10-24-23(22)27(26-15)14-21(28)25-17-7-8-19-20(13-17)30-12-11-29-19/h2-10,13H,11-12,14H2,1H3,(H,25,28). The topological polar surface area (TPSA) is 78.3 Å². The van der Waals surface area contributed by atoms with Gasteiger partial charge < -0.3 is 14.8 Å². The molecule has 7 nitrogen and oxygen atoms in total. The van der Waals surface area contributed by atoms with Crippen molar-refractivity contribution >= 4 is 22.6 Å². The number of carbonyl (C=O) groups is 1. The highest BCUT2D eigenvalue weighted by atomic mass is 16.6. The van der Waals surface area contributed by atoms with Crippen LogP contribution >= 0.6 is 0 Å². The number of aryl methyl sites for hydroxylation is 1. The first-order valence-electron chi connectivity index (χ1n) is 9.76. The van der Waals surface area contributed by atoms with E-state index in [1.54, 1.807) is 29.1 Å². The molecule has 0 saturated carbocycles. The van der Waals surface area contributed by atoms with Crippen LogP contribution in [-0.2, 0) is 11.3 Å². The number of hydrogen-bond donors (Lipinski definition) is 1. The van der Waals surface area contributed by atoms with Crippen LogP contribution in [0.5, 0.6) is 11.5 Å². The van der Waals surface area contributed by atoms with E-state index in [2.05, 4.69) is 27.5 Å². The van der Waals surface area contributed by atoms with E-state index in [0.717, 1.165) is 22.2 Å². The van der Waals surface area contributed by atoms with Crippen molar-refractivity contribution in [2.24, 2.45) is 0 Å². The fourth-order valence-corrected chi connectivity index (χ4v) is 3.71. The van der Waals surface area contributed by atoms with Crippen molar-refractivity contribution in [3.63, 3.8) is 0 Å². The zero-order chi connectivity index (χ0) is 20.5. The monoisotopic (exact) mass is 400 g/mol. The van der Waals surface area contributed by atoms with Crippen molar-refractivity contribution in [3.8, 4) is 22.6 Å². The lowest BCUT2D eigenvalue weighted by molar-refractivity contribution is -0.116. The number of fused-ring (bicyclic) bond motifs is 2. The number of nitrogens with one attached hydrogen (secondary N) is 1. The van der Waals surface area contributed by atoms with Gasteiger partial charge in [-0.25, -0.2) is 9.67 Å². The van der Waals surface area contributed by atoms with Crippen LogP contribution in [0.4, 0.5) is 5.69 Å². The third-order valence-electron chi connectivity index (χ3n) is 5.01. The quantitative estimate of drug-likeness (QED) is 0.564. The van der Waals surface area contributed by atoms with Crippen LogP contribution in [0.15, 0.2) is 60.8 Å². The Morgan fingerprint density at radius 3 is 2.70 bits per heavy atom. The van der Waals surface area contributed by atoms with Gasteiger partial charge in [-0.05, 0) is 36.2 Å². The molecule has 4 aromatic rings. The van der Waals surface area contributed by atoms with Gasteiger partial charge in [0, 0.05) is 23.3 Å². The maximum Gasteiger partial charge on any atom is 0.246 e. The number of amides is 1. The molecule has 0 atom stereocenters. The van der Waals surface area contributed by atoms with Crippen molar-refractivity contribution in [1.82, 2.24) is 14.8 Å². The van der Waals surface area contributed by atoms with E-state index in [4.69, 9.17) is 9.47 Å². The van der Waals surface area contributed by atoms with Gasteiger partial charge in [-0.2, -0.15) is 5.10 Å². The Balaban J connectivity index is 1.41. The molecule has 150 valence electrons. The van der Waals surface area contributed by atoms with Crippen LogP contribution in [-0.4, -0.2) is 33.9 Å². The van der Waals surface area contributed by atoms with E-state index in [9.17, 15) is 4.79 Å². The van der Waals surface area contributed by atoms with Crippen molar-refractivity contribution in [2.45, 2.75) is 13.5 Å². The molecule has 7 heteroatoms. The summed E-state index contributed by atoms with van der Waals surface area (Å²) in [4.78, 5) is 17.2. The van der Waals surface area contributed by atoms with Gasteiger partial charge in [0.2, 0.25) is 5.91 Å². The van der Waals surface area contributed by atoms with Gasteiger partial charge in [0.15, 0.2) is 17.1 Å². The highest BCUT2D eigenvalue weighted by molar-refractivity contribution is 5.96. The van der Waals surface area contributed by atoms with Gasteiger partial charge in [0.05, 0.1) is 5.69 Å². The number of ether oxygens (including phenoxy) is 2. The lowest BCUT2D eigenvalue weighted by atomic mass is 10.0. The SMILES string of the molecule is Cc1nn(CC(=O)Nc2ccc3c(c2)OCCO3)c2nccc(-c3ccccc3)c12. The second-order valence-electron chi connectivity index (χ2n) is 7.07. The van der Waals surface area contributed by atoms with Gasteiger partial charge in [0.25, 0.3) is 0 Å². The van der Waals surface area contributed by atoms with E-state index >= 15 is 0 Å². The Morgan fingerprint density at radius 1 is 1.07 bits per heavy atom. The Bertz CT molecular complexity index is 1230. The predicted molar refractivity (Wildman–Crippen MR) is 114 cm³/mol. The number of carbonyl (C=O) groups excluding carboxylic acids is 1. The number of pyridine rings is 1. The number of aromatic nitrogens is 3. The van der Waals surface area contributed by atoms with Crippen LogP contribution < -0.4 is 14.8 Å². The third kappa shape index (κ3) is 3.34. The predicted octanol–water partition coefficient (Wildman–Crippen LogP) is 3.82. The highest BCUT2D eigenvalue weighted by Gasteiger charge is 2.17. The number of nitrogens with zero attached hydrogens (tertiary/aromatic N) is 3. The number of anilines is 1. The number of rotatable bonds is 4. The minimum Gasteiger partial charge on any atom is -0.486 e. The normalized spacial score (nSPS) is 12.7. The smallest absolute Gasteiger partial charge is 0.246 e. The Hall–Kier alpha value is -3.87. The van der Waals surface area contributed by atoms with Gasteiger partial charge in [-0.3, -0.25) is 4.79 Å². The molecule has 3 heterocycles. The number of benzene rings is 2. The Kier molecular flexibility index (Phi) is 4.55. The van der Waals surface area contributed by atoms with Crippen LogP contribution in [0.2, 0.25) is 0 Å². The van der Waals surface area contributed by atoms with Gasteiger partial charge in [0.1, 0.15) is 19.8 Å². The molecular weight excluding hydrogens is 380 g/mol. The minimum atomic E-state index is -0.192. The highest BCUT2D eigenvalue weighted by Crippen LogP contribution is 2.33. The molecule has 2 aromatic heterocycles. The van der Waals surface area contributed by atoms with Crippen molar-refractivity contribution in [2.75, 3.05) is 18.5 Å². The molecule has 0 unspecified atom stereocenters. The number of hydrogen-bond acceptors (Lipinski definition) is 5. The lowest BCUT2D eigenvalue weighted by Crippen LogP contribution is -2.20. The first kappa shape index (κ1) is 18.2. The van der Waals surface area contributed by atoms with Gasteiger partial charge >= 0.3 is 0 Å². The maximum absolute atomic E-state index is 12.7. The summed E-state index contributed by atoms with van der Waals surface area (Å²) in [6, 6.07) is 17.4. The zero-order valence-corrected chi connectivity index (χ0v) is 16.5. The average molecular weight is 400 g/mol. The maximum atomic E-state index is 12.7. The molecule has 1 amide bonds. The van der Waals surface area contributed by atoms with E-state index in [0.29, 0.717) is 36.0 Å². The molecule has 0 aliphatic carbocycles. The van der Waals surface area contributed by atoms with Crippen molar-refractivity contribution < 1.29 is 14.3 Å². The first-order chi connectivity index (χ1) is 14.7. The van der Waals surface area contributed by atoms with E-state index in [1.807, 2.05) is 31.2 Å². The molecule has 1 aliphatic heterocycles. The second-order valence-corrected chi connectivity index (χ2v) is 7.07. The second kappa shape index (κ2) is 7.51. The first-order valence-corrected chi connectivity index (χ1v) is 9.76. The third-order valence-corrected chi connectivity index (χ3v) is 5.01. The molecule has 0 fully saturated rings. The van der Waals surface area contributed by atoms with Gasteiger partial charge in [-0.1, -0.05) is 30.3 Å². The molecule has 5 rings (SSSR count). The van der Waals surface area contributed by atoms with E-state index < -0.39 is 0 Å². The molecule has 2 aromatic carbocycles. The molecule has 1 N–H and O–H groups in total. The Morgan fingerprint density at radius 2 is 1.87 bits per heavy atom. The van der Waals surface area contributed by atoms with Crippen molar-refractivity contribution in [1.29, 1.82) is 0 Å². The molecule has 0 spiro atoms. The minimum absolute atomic E-state index is 0.0595. The average Bonchev–Trinajstić information content (AvgIpc) is 3.09. The molecule has 30 heavy (non-hydrogen) atoms. The summed E-state index contributed by atoms with van der Waals surface area (Å²) in [5, 5.41) is 8.43. The molecular formula is C23H20N4O3. The van der Waals surface area contributed by atoms with Crippen molar-refractivity contribution in [3.05, 3.63) is 66.5 Å². The van der Waals surface area contributed by atoms with E-state index in [-0.39, 0.29) is 12.5 Å². The summed E-state index contributed by atoms with van der Waals surface area (Å²) in [5.41, 5.74) is 4.32. The molecule has 0 saturated heterocycles. The summed E-state index contributed by atoms with van der Waals surface area (Å²) in [6.07, 6.45) is 1.75.